The van der Waals surface area contributed by atoms with E-state index in [1.165, 1.54) is 0 Å². The first kappa shape index (κ1) is 12.4. The SMILES string of the molecule is CC(C)(C)OC(=O)N1CC2CCn3cnnc3C2C1. The molecule has 6 nitrogen and oxygen atoms in total. The maximum absolute atomic E-state index is 12.1. The van der Waals surface area contributed by atoms with Crippen LogP contribution in [0.5, 0.6) is 0 Å². The highest BCUT2D eigenvalue weighted by Gasteiger charge is 2.41. The van der Waals surface area contributed by atoms with Gasteiger partial charge in [0.05, 0.1) is 0 Å². The van der Waals surface area contributed by atoms with Gasteiger partial charge in [-0.1, -0.05) is 0 Å². The molecule has 0 spiro atoms. The number of aromatic nitrogens is 3. The molecule has 104 valence electrons. The number of hydrogen-bond donors (Lipinski definition) is 0. The van der Waals surface area contributed by atoms with Gasteiger partial charge in [0.2, 0.25) is 0 Å². The van der Waals surface area contributed by atoms with Crippen molar-refractivity contribution in [3.8, 4) is 0 Å². The van der Waals surface area contributed by atoms with Crippen molar-refractivity contribution in [2.24, 2.45) is 5.92 Å². The minimum atomic E-state index is -0.440. The van der Waals surface area contributed by atoms with Gasteiger partial charge in [-0.15, -0.1) is 10.2 Å². The lowest BCUT2D eigenvalue weighted by Gasteiger charge is -2.24. The summed E-state index contributed by atoms with van der Waals surface area (Å²) < 4.78 is 7.54. The van der Waals surface area contributed by atoms with Gasteiger partial charge in [0.1, 0.15) is 17.8 Å². The number of nitrogens with zero attached hydrogens (tertiary/aromatic N) is 4. The summed E-state index contributed by atoms with van der Waals surface area (Å²) >= 11 is 0. The highest BCUT2D eigenvalue weighted by atomic mass is 16.6. The van der Waals surface area contributed by atoms with Crippen LogP contribution in [-0.2, 0) is 11.3 Å². The third kappa shape index (κ3) is 2.31. The van der Waals surface area contributed by atoms with Gasteiger partial charge >= 0.3 is 6.09 Å². The third-order valence-electron chi connectivity index (χ3n) is 3.81. The quantitative estimate of drug-likeness (QED) is 0.714. The molecule has 1 fully saturated rings. The fraction of sp³-hybridized carbons (Fsp3) is 0.769. The molecule has 2 aliphatic rings. The summed E-state index contributed by atoms with van der Waals surface area (Å²) in [5, 5.41) is 8.17. The number of fused-ring (bicyclic) bond motifs is 3. The van der Waals surface area contributed by atoms with Crippen LogP contribution in [0, 0.1) is 5.92 Å². The fourth-order valence-corrected chi connectivity index (χ4v) is 2.96. The van der Waals surface area contributed by atoms with Crippen LogP contribution in [0.15, 0.2) is 6.33 Å². The van der Waals surface area contributed by atoms with E-state index >= 15 is 0 Å². The molecule has 19 heavy (non-hydrogen) atoms. The van der Waals surface area contributed by atoms with Crippen LogP contribution in [0.3, 0.4) is 0 Å². The zero-order valence-electron chi connectivity index (χ0n) is 11.7. The molecule has 2 atom stereocenters. The summed E-state index contributed by atoms with van der Waals surface area (Å²) in [6.07, 6.45) is 2.64. The molecule has 1 aromatic heterocycles. The van der Waals surface area contributed by atoms with E-state index in [-0.39, 0.29) is 6.09 Å². The number of rotatable bonds is 0. The van der Waals surface area contributed by atoms with E-state index in [1.807, 2.05) is 25.7 Å². The Hall–Kier alpha value is -1.59. The molecule has 0 bridgehead atoms. The molecule has 0 aliphatic carbocycles. The average molecular weight is 264 g/mol. The molecule has 0 N–H and O–H groups in total. The standard InChI is InChI=1S/C13H20N4O2/c1-13(2,3)19-12(18)17-6-9-4-5-16-8-14-15-11(16)10(9)7-17/h8-10H,4-7H2,1-3H3. The van der Waals surface area contributed by atoms with Crippen molar-refractivity contribution in [1.29, 1.82) is 0 Å². The second-order valence-electron chi connectivity index (χ2n) is 6.42. The van der Waals surface area contributed by atoms with E-state index < -0.39 is 5.60 Å². The lowest BCUT2D eigenvalue weighted by molar-refractivity contribution is 0.0286. The third-order valence-corrected chi connectivity index (χ3v) is 3.81. The first-order valence-corrected chi connectivity index (χ1v) is 6.80. The second kappa shape index (κ2) is 4.21. The van der Waals surface area contributed by atoms with Gasteiger partial charge in [-0.05, 0) is 33.1 Å². The topological polar surface area (TPSA) is 60.2 Å². The molecule has 0 saturated carbocycles. The second-order valence-corrected chi connectivity index (χ2v) is 6.42. The average Bonchev–Trinajstić information content (AvgIpc) is 2.92. The van der Waals surface area contributed by atoms with Crippen LogP contribution in [-0.4, -0.2) is 44.4 Å². The van der Waals surface area contributed by atoms with Gasteiger partial charge < -0.3 is 14.2 Å². The summed E-state index contributed by atoms with van der Waals surface area (Å²) in [7, 11) is 0. The van der Waals surface area contributed by atoms with E-state index in [2.05, 4.69) is 14.8 Å². The first-order valence-electron chi connectivity index (χ1n) is 6.80. The minimum absolute atomic E-state index is 0.215. The Morgan fingerprint density at radius 2 is 2.21 bits per heavy atom. The molecule has 1 saturated heterocycles. The number of carbonyl (C=O) groups is 1. The smallest absolute Gasteiger partial charge is 0.410 e. The monoisotopic (exact) mass is 264 g/mol. The molecule has 3 rings (SSSR count). The van der Waals surface area contributed by atoms with Gasteiger partial charge in [-0.2, -0.15) is 0 Å². The molecule has 1 amide bonds. The first-order chi connectivity index (χ1) is 8.94. The summed E-state index contributed by atoms with van der Waals surface area (Å²) in [6, 6.07) is 0. The summed E-state index contributed by atoms with van der Waals surface area (Å²) in [6.45, 7) is 8.09. The minimum Gasteiger partial charge on any atom is -0.444 e. The van der Waals surface area contributed by atoms with E-state index in [0.717, 1.165) is 25.3 Å². The predicted octanol–water partition coefficient (Wildman–Crippen LogP) is 1.63. The molecule has 0 aromatic carbocycles. The Bertz CT molecular complexity index is 491. The number of likely N-dealkylation sites (tertiary alicyclic amines) is 1. The summed E-state index contributed by atoms with van der Waals surface area (Å²) in [5.74, 6) is 1.82. The van der Waals surface area contributed by atoms with Crippen molar-refractivity contribution in [3.05, 3.63) is 12.2 Å². The van der Waals surface area contributed by atoms with Crippen LogP contribution >= 0.6 is 0 Å². The van der Waals surface area contributed by atoms with Crippen LogP contribution in [0.2, 0.25) is 0 Å². The Morgan fingerprint density at radius 3 is 2.95 bits per heavy atom. The van der Waals surface area contributed by atoms with Crippen molar-refractivity contribution in [1.82, 2.24) is 19.7 Å². The Morgan fingerprint density at radius 1 is 1.42 bits per heavy atom. The van der Waals surface area contributed by atoms with E-state index in [0.29, 0.717) is 18.4 Å². The van der Waals surface area contributed by atoms with Crippen molar-refractivity contribution in [2.45, 2.75) is 45.3 Å². The maximum Gasteiger partial charge on any atom is 0.410 e. The van der Waals surface area contributed by atoms with Crippen LogP contribution in [0.4, 0.5) is 4.79 Å². The molecule has 2 unspecified atom stereocenters. The summed E-state index contributed by atoms with van der Waals surface area (Å²) in [4.78, 5) is 13.9. The van der Waals surface area contributed by atoms with Gasteiger partial charge in [-0.3, -0.25) is 0 Å². The Balaban J connectivity index is 1.72. The van der Waals surface area contributed by atoms with Crippen LogP contribution < -0.4 is 0 Å². The highest BCUT2D eigenvalue weighted by molar-refractivity contribution is 5.68. The largest absolute Gasteiger partial charge is 0.444 e. The highest BCUT2D eigenvalue weighted by Crippen LogP contribution is 2.37. The number of carbonyl (C=O) groups excluding carboxylic acids is 1. The molecule has 1 aromatic rings. The van der Waals surface area contributed by atoms with E-state index in [1.54, 1.807) is 6.33 Å². The van der Waals surface area contributed by atoms with Crippen LogP contribution in [0.1, 0.15) is 38.9 Å². The summed E-state index contributed by atoms with van der Waals surface area (Å²) in [5.41, 5.74) is -0.440. The van der Waals surface area contributed by atoms with Gasteiger partial charge in [0.15, 0.2) is 0 Å². The van der Waals surface area contributed by atoms with Gasteiger partial charge in [-0.25, -0.2) is 4.79 Å². The van der Waals surface area contributed by atoms with E-state index in [9.17, 15) is 4.79 Å². The molecule has 3 heterocycles. The molecule has 6 heteroatoms. The molecular weight excluding hydrogens is 244 g/mol. The Kier molecular flexibility index (Phi) is 2.76. The Labute approximate surface area is 112 Å². The fourth-order valence-electron chi connectivity index (χ4n) is 2.96. The number of hydrogen-bond acceptors (Lipinski definition) is 4. The van der Waals surface area contributed by atoms with Crippen LogP contribution in [0.25, 0.3) is 0 Å². The van der Waals surface area contributed by atoms with E-state index in [4.69, 9.17) is 4.74 Å². The molecular formula is C13H20N4O2. The number of aryl methyl sites for hydroxylation is 1. The van der Waals surface area contributed by atoms with Crippen molar-refractivity contribution in [2.75, 3.05) is 13.1 Å². The van der Waals surface area contributed by atoms with Crippen molar-refractivity contribution >= 4 is 6.09 Å². The normalized spacial score (nSPS) is 25.9. The number of amides is 1. The lowest BCUT2D eigenvalue weighted by Crippen LogP contribution is -2.35. The zero-order valence-corrected chi connectivity index (χ0v) is 11.7. The van der Waals surface area contributed by atoms with Crippen molar-refractivity contribution in [3.63, 3.8) is 0 Å². The van der Waals surface area contributed by atoms with Gasteiger partial charge in [0.25, 0.3) is 0 Å². The molecule has 2 aliphatic heterocycles. The zero-order chi connectivity index (χ0) is 13.6. The maximum atomic E-state index is 12.1. The number of ether oxygens (including phenoxy) is 1. The van der Waals surface area contributed by atoms with Gasteiger partial charge in [0, 0.05) is 25.6 Å². The molecule has 0 radical (unpaired) electrons. The lowest BCUT2D eigenvalue weighted by atomic mass is 9.89. The van der Waals surface area contributed by atoms with Crippen molar-refractivity contribution < 1.29 is 9.53 Å². The predicted molar refractivity (Wildman–Crippen MR) is 68.7 cm³/mol.